The summed E-state index contributed by atoms with van der Waals surface area (Å²) in [4.78, 5) is 37.9. The second-order valence-electron chi connectivity index (χ2n) is 8.21. The lowest BCUT2D eigenvalue weighted by atomic mass is 10.0. The molecule has 0 spiro atoms. The zero-order valence-corrected chi connectivity index (χ0v) is 22.3. The van der Waals surface area contributed by atoms with Gasteiger partial charge in [-0.15, -0.1) is 11.3 Å². The zero-order valence-electron chi connectivity index (χ0n) is 20.7. The first-order valence-corrected chi connectivity index (χ1v) is 13.1. The van der Waals surface area contributed by atoms with Crippen molar-refractivity contribution in [1.29, 1.82) is 0 Å². The van der Waals surface area contributed by atoms with Gasteiger partial charge in [0.15, 0.2) is 6.61 Å². The van der Waals surface area contributed by atoms with E-state index in [1.54, 1.807) is 49.4 Å². The van der Waals surface area contributed by atoms with Crippen molar-refractivity contribution < 1.29 is 23.9 Å². The molecule has 194 valence electrons. The molecular formula is C29H25ClN2O5S. The Hall–Kier alpha value is -4.14. The lowest BCUT2D eigenvalue weighted by molar-refractivity contribution is -0.118. The number of carbonyl (C=O) groups is 3. The highest BCUT2D eigenvalue weighted by atomic mass is 35.5. The van der Waals surface area contributed by atoms with Crippen LogP contribution in [0.1, 0.15) is 33.2 Å². The number of aryl methyl sites for hydroxylation is 1. The van der Waals surface area contributed by atoms with Crippen LogP contribution in [0.5, 0.6) is 5.75 Å². The van der Waals surface area contributed by atoms with Gasteiger partial charge in [-0.25, -0.2) is 4.79 Å². The van der Waals surface area contributed by atoms with Gasteiger partial charge in [0.25, 0.3) is 11.8 Å². The van der Waals surface area contributed by atoms with Gasteiger partial charge in [0.05, 0.1) is 6.61 Å². The van der Waals surface area contributed by atoms with Crippen molar-refractivity contribution in [3.8, 4) is 16.9 Å². The maximum absolute atomic E-state index is 12.7. The maximum atomic E-state index is 12.7. The van der Waals surface area contributed by atoms with Crippen LogP contribution >= 0.6 is 22.9 Å². The predicted octanol–water partition coefficient (Wildman–Crippen LogP) is 6.82. The van der Waals surface area contributed by atoms with E-state index >= 15 is 0 Å². The van der Waals surface area contributed by atoms with E-state index < -0.39 is 11.9 Å². The number of thiophene rings is 1. The first-order chi connectivity index (χ1) is 18.4. The Balaban J connectivity index is 1.38. The molecule has 38 heavy (non-hydrogen) atoms. The molecule has 1 heterocycles. The van der Waals surface area contributed by atoms with Crippen molar-refractivity contribution in [2.45, 2.75) is 13.8 Å². The summed E-state index contributed by atoms with van der Waals surface area (Å²) in [7, 11) is 0. The molecule has 1 aromatic heterocycles. The first kappa shape index (κ1) is 26.9. The number of nitrogens with one attached hydrogen (secondary N) is 2. The van der Waals surface area contributed by atoms with E-state index in [4.69, 9.17) is 21.1 Å². The largest absolute Gasteiger partial charge is 0.484 e. The smallest absolute Gasteiger partial charge is 0.341 e. The van der Waals surface area contributed by atoms with Crippen LogP contribution in [0.2, 0.25) is 5.02 Å². The Morgan fingerprint density at radius 2 is 1.68 bits per heavy atom. The van der Waals surface area contributed by atoms with Crippen molar-refractivity contribution in [3.05, 3.63) is 99.9 Å². The third-order valence-electron chi connectivity index (χ3n) is 5.53. The number of esters is 1. The lowest BCUT2D eigenvalue weighted by Gasteiger charge is -2.11. The van der Waals surface area contributed by atoms with Crippen molar-refractivity contribution in [1.82, 2.24) is 0 Å². The van der Waals surface area contributed by atoms with E-state index in [0.29, 0.717) is 38.2 Å². The average Bonchev–Trinajstić information content (AvgIpc) is 3.33. The zero-order chi connectivity index (χ0) is 27.1. The molecular weight excluding hydrogens is 524 g/mol. The fourth-order valence-corrected chi connectivity index (χ4v) is 4.86. The van der Waals surface area contributed by atoms with Crippen LogP contribution in [-0.2, 0) is 9.53 Å². The molecule has 4 rings (SSSR count). The summed E-state index contributed by atoms with van der Waals surface area (Å²) in [5.74, 6) is -0.803. The molecule has 4 aromatic rings. The molecule has 0 saturated carbocycles. The number of carbonyl (C=O) groups excluding carboxylic acids is 3. The quantitative estimate of drug-likeness (QED) is 0.224. The van der Waals surface area contributed by atoms with Gasteiger partial charge < -0.3 is 20.1 Å². The summed E-state index contributed by atoms with van der Waals surface area (Å²) >= 11 is 7.21. The number of halogens is 1. The molecule has 2 N–H and O–H groups in total. The summed E-state index contributed by atoms with van der Waals surface area (Å²) in [6, 6.07) is 21.1. The van der Waals surface area contributed by atoms with Gasteiger partial charge in [0, 0.05) is 27.2 Å². The Morgan fingerprint density at radius 3 is 2.37 bits per heavy atom. The third kappa shape index (κ3) is 6.59. The molecule has 2 amide bonds. The molecule has 0 aliphatic rings. The van der Waals surface area contributed by atoms with Crippen molar-refractivity contribution in [2.75, 3.05) is 23.8 Å². The van der Waals surface area contributed by atoms with E-state index in [9.17, 15) is 14.4 Å². The van der Waals surface area contributed by atoms with Gasteiger partial charge in [0.2, 0.25) is 0 Å². The molecule has 0 radical (unpaired) electrons. The number of ether oxygens (including phenoxy) is 2. The monoisotopic (exact) mass is 548 g/mol. The van der Waals surface area contributed by atoms with E-state index in [0.717, 1.165) is 11.1 Å². The van der Waals surface area contributed by atoms with E-state index in [2.05, 4.69) is 10.6 Å². The normalized spacial score (nSPS) is 10.5. The summed E-state index contributed by atoms with van der Waals surface area (Å²) in [5, 5.41) is 8.40. The Kier molecular flexibility index (Phi) is 8.78. The number of hydrogen-bond acceptors (Lipinski definition) is 6. The molecule has 0 aliphatic carbocycles. The van der Waals surface area contributed by atoms with Gasteiger partial charge in [-0.2, -0.15) is 0 Å². The second kappa shape index (κ2) is 12.4. The van der Waals surface area contributed by atoms with E-state index in [1.165, 1.54) is 11.3 Å². The third-order valence-corrected chi connectivity index (χ3v) is 6.66. The summed E-state index contributed by atoms with van der Waals surface area (Å²) in [5.41, 5.74) is 3.80. The Morgan fingerprint density at radius 1 is 0.947 bits per heavy atom. The van der Waals surface area contributed by atoms with Crippen LogP contribution in [0.15, 0.2) is 78.2 Å². The highest BCUT2D eigenvalue weighted by Gasteiger charge is 2.23. The fourth-order valence-electron chi connectivity index (χ4n) is 3.66. The van der Waals surface area contributed by atoms with Gasteiger partial charge in [-0.3, -0.25) is 9.59 Å². The molecule has 0 saturated heterocycles. The average molecular weight is 549 g/mol. The molecule has 0 fully saturated rings. The number of anilines is 2. The number of rotatable bonds is 9. The van der Waals surface area contributed by atoms with Gasteiger partial charge in [0.1, 0.15) is 16.3 Å². The first-order valence-electron chi connectivity index (χ1n) is 11.8. The second-order valence-corrected chi connectivity index (χ2v) is 9.53. The highest BCUT2D eigenvalue weighted by molar-refractivity contribution is 7.15. The lowest BCUT2D eigenvalue weighted by Crippen LogP contribution is -2.21. The van der Waals surface area contributed by atoms with Gasteiger partial charge in [-0.05, 0) is 67.4 Å². The maximum Gasteiger partial charge on any atom is 0.341 e. The standard InChI is InChI=1S/C29H25ClN2O5S/c1-3-36-29(35)26-23(19-7-5-4-6-8-19)17-38-28(26)32-25(33)16-37-22-12-9-20(10-13-22)27(34)31-24-14-11-21(30)15-18(24)2/h4-15,17H,3,16H2,1-2H3,(H,31,34)(H,32,33). The summed E-state index contributed by atoms with van der Waals surface area (Å²) < 4.78 is 10.8. The Bertz CT molecular complexity index is 1450. The molecule has 3 aromatic carbocycles. The van der Waals surface area contributed by atoms with Gasteiger partial charge >= 0.3 is 5.97 Å². The number of hydrogen-bond donors (Lipinski definition) is 2. The van der Waals surface area contributed by atoms with Gasteiger partial charge in [-0.1, -0.05) is 41.9 Å². The van der Waals surface area contributed by atoms with Crippen LogP contribution in [-0.4, -0.2) is 31.0 Å². The molecule has 7 nitrogen and oxygen atoms in total. The summed E-state index contributed by atoms with van der Waals surface area (Å²) in [6.45, 7) is 3.52. The van der Waals surface area contributed by atoms with Crippen molar-refractivity contribution in [3.63, 3.8) is 0 Å². The summed E-state index contributed by atoms with van der Waals surface area (Å²) in [6.07, 6.45) is 0. The minimum absolute atomic E-state index is 0.215. The molecule has 0 bridgehead atoms. The van der Waals surface area contributed by atoms with Crippen LogP contribution < -0.4 is 15.4 Å². The van der Waals surface area contributed by atoms with Crippen LogP contribution in [0, 0.1) is 6.92 Å². The molecule has 0 atom stereocenters. The Labute approximate surface area is 229 Å². The molecule has 9 heteroatoms. The molecule has 0 aliphatic heterocycles. The van der Waals surface area contributed by atoms with Crippen molar-refractivity contribution in [2.24, 2.45) is 0 Å². The fraction of sp³-hybridized carbons (Fsp3) is 0.138. The topological polar surface area (TPSA) is 93.7 Å². The molecule has 0 unspecified atom stereocenters. The van der Waals surface area contributed by atoms with Crippen LogP contribution in [0.25, 0.3) is 11.1 Å². The van der Waals surface area contributed by atoms with E-state index in [-0.39, 0.29) is 19.1 Å². The predicted molar refractivity (Wildman–Crippen MR) is 150 cm³/mol. The minimum atomic E-state index is -0.508. The number of amides is 2. The number of benzene rings is 3. The van der Waals surface area contributed by atoms with Crippen molar-refractivity contribution >= 4 is 51.4 Å². The van der Waals surface area contributed by atoms with Crippen LogP contribution in [0.4, 0.5) is 10.7 Å². The SMILES string of the molecule is CCOC(=O)c1c(-c2ccccc2)csc1NC(=O)COc1ccc(C(=O)Nc2ccc(Cl)cc2C)cc1. The van der Waals surface area contributed by atoms with E-state index in [1.807, 2.05) is 42.6 Å². The highest BCUT2D eigenvalue weighted by Crippen LogP contribution is 2.36. The van der Waals surface area contributed by atoms with Crippen LogP contribution in [0.3, 0.4) is 0 Å². The minimum Gasteiger partial charge on any atom is -0.484 e.